The molecule has 3 aliphatic heterocycles. The van der Waals surface area contributed by atoms with Crippen molar-refractivity contribution in [1.82, 2.24) is 24.8 Å². The number of alkyl halides is 1. The third kappa shape index (κ3) is 5.76. The number of carbonyl (C=O) groups is 3. The summed E-state index contributed by atoms with van der Waals surface area (Å²) in [5, 5.41) is 19.3. The third-order valence-corrected chi connectivity index (χ3v) is 13.4. The number of nitrogens with zero attached hydrogens (tertiary/aromatic N) is 6. The topological polar surface area (TPSA) is 112 Å². The molecule has 3 unspecified atom stereocenters. The van der Waals surface area contributed by atoms with E-state index in [9.17, 15) is 9.90 Å². The van der Waals surface area contributed by atoms with Gasteiger partial charge in [0.15, 0.2) is 0 Å². The molecule has 1 spiro atoms. The van der Waals surface area contributed by atoms with Crippen LogP contribution in [-0.4, -0.2) is 94.2 Å². The molecule has 12 heteroatoms. The summed E-state index contributed by atoms with van der Waals surface area (Å²) < 4.78 is 0.754. The molecule has 2 bridgehead atoms. The van der Waals surface area contributed by atoms with Crippen molar-refractivity contribution in [3.8, 4) is 0 Å². The Hall–Kier alpha value is -4.26. The van der Waals surface area contributed by atoms with E-state index in [2.05, 4.69) is 39.4 Å². The van der Waals surface area contributed by atoms with Crippen LogP contribution in [0.2, 0.25) is 0 Å². The smallest absolute Gasteiger partial charge is 0.248 e. The first-order valence-corrected chi connectivity index (χ1v) is 18.6. The number of aromatic nitrogens is 3. The van der Waals surface area contributed by atoms with Gasteiger partial charge in [0.1, 0.15) is 18.2 Å². The highest BCUT2D eigenvalue weighted by atomic mass is 79.9. The van der Waals surface area contributed by atoms with Gasteiger partial charge in [0.25, 0.3) is 0 Å². The van der Waals surface area contributed by atoms with Crippen molar-refractivity contribution in [3.63, 3.8) is 0 Å². The fraction of sp³-hybridized carbons (Fsp3) is 0.342. The van der Waals surface area contributed by atoms with E-state index in [1.165, 1.54) is 0 Å². The van der Waals surface area contributed by atoms with Crippen LogP contribution < -0.4 is 4.90 Å². The van der Waals surface area contributed by atoms with Crippen molar-refractivity contribution in [1.29, 1.82) is 0 Å². The number of amides is 3. The minimum Gasteiger partial charge on any atom is -0.394 e. The van der Waals surface area contributed by atoms with Crippen LogP contribution in [0, 0.1) is 11.8 Å². The lowest BCUT2D eigenvalue weighted by molar-refractivity contribution is -0.146. The average Bonchev–Trinajstić information content (AvgIpc) is 3.86. The molecule has 3 amide bonds. The Morgan fingerprint density at radius 2 is 1.68 bits per heavy atom. The van der Waals surface area contributed by atoms with Gasteiger partial charge in [0.2, 0.25) is 17.7 Å². The minimum absolute atomic E-state index is 0.0857. The first kappa shape index (κ1) is 34.2. The molecule has 3 aliphatic rings. The first-order chi connectivity index (χ1) is 24.3. The lowest BCUT2D eigenvalue weighted by Crippen LogP contribution is -2.58. The molecule has 4 heterocycles. The summed E-state index contributed by atoms with van der Waals surface area (Å²) in [4.78, 5) is 49.8. The molecule has 7 rings (SSSR count). The zero-order valence-electron chi connectivity index (χ0n) is 27.5. The van der Waals surface area contributed by atoms with Gasteiger partial charge in [-0.3, -0.25) is 14.4 Å². The van der Waals surface area contributed by atoms with Crippen LogP contribution >= 0.6 is 27.7 Å². The Kier molecular flexibility index (Phi) is 9.69. The summed E-state index contributed by atoms with van der Waals surface area (Å²) in [6.45, 7) is 8.05. The maximum atomic E-state index is 15.2. The Morgan fingerprint density at radius 1 is 1.00 bits per heavy atom. The lowest BCUT2D eigenvalue weighted by Gasteiger charge is -2.40. The Balaban J connectivity index is 1.32. The number of hydrogen-bond acceptors (Lipinski definition) is 7. The maximum Gasteiger partial charge on any atom is 0.248 e. The number of fused-ring (bicyclic) bond motifs is 2. The standard InChI is InChI=1S/C38H39BrN6O4S/c1-3-19-42(24-44-30-18-12-11-17-29(30)40-41-44)37(49)34-38-22-28(39)33(50-38)31(35(47)43(20-4-2)26-15-9-6-10-16-26)32(38)36(48)45(34)27(23-46)21-25-13-7-5-8-14-25/h3-18,27-28,31-34,46H,1-2,19-24H2/t27-,28?,31-,32+,33-,34?,38?/m1/s1. The number of carbonyl (C=O) groups excluding carboxylic acids is 3. The van der Waals surface area contributed by atoms with Crippen LogP contribution in [0.15, 0.2) is 110 Å². The van der Waals surface area contributed by atoms with Crippen molar-refractivity contribution < 1.29 is 19.5 Å². The average molecular weight is 756 g/mol. The molecule has 1 N–H and O–H groups in total. The van der Waals surface area contributed by atoms with Crippen molar-refractivity contribution in [2.24, 2.45) is 11.8 Å². The molecule has 0 aliphatic carbocycles. The zero-order chi connectivity index (χ0) is 35.0. The van der Waals surface area contributed by atoms with Gasteiger partial charge < -0.3 is 19.8 Å². The number of aliphatic hydroxyl groups is 1. The predicted molar refractivity (Wildman–Crippen MR) is 199 cm³/mol. The molecular weight excluding hydrogens is 716 g/mol. The number of para-hydroxylation sites is 2. The van der Waals surface area contributed by atoms with Gasteiger partial charge in [0.05, 0.1) is 34.7 Å². The van der Waals surface area contributed by atoms with Gasteiger partial charge in [0, 0.05) is 28.9 Å². The van der Waals surface area contributed by atoms with E-state index in [1.807, 2.05) is 84.9 Å². The van der Waals surface area contributed by atoms with Gasteiger partial charge in [-0.2, -0.15) is 0 Å². The normalized spacial score (nSPS) is 25.8. The SMILES string of the molecule is C=CCN(Cn1nnc2ccccc21)C(=O)C1N([C@@H](CO)Cc2ccccc2)C(=O)[C@@H]2[C@@H](C(=O)N(CC=C)c3ccccc3)[C@@H]3SC12CC3Br. The van der Waals surface area contributed by atoms with E-state index in [0.717, 1.165) is 16.8 Å². The van der Waals surface area contributed by atoms with Gasteiger partial charge >= 0.3 is 0 Å². The Morgan fingerprint density at radius 3 is 2.38 bits per heavy atom. The summed E-state index contributed by atoms with van der Waals surface area (Å²) in [6, 6.07) is 24.9. The molecule has 4 aromatic rings. The number of benzene rings is 3. The van der Waals surface area contributed by atoms with Gasteiger partial charge in [-0.05, 0) is 42.7 Å². The number of rotatable bonds is 13. The molecule has 0 saturated carbocycles. The van der Waals surface area contributed by atoms with Crippen LogP contribution in [0.5, 0.6) is 0 Å². The molecule has 7 atom stereocenters. The Labute approximate surface area is 303 Å². The van der Waals surface area contributed by atoms with Crippen molar-refractivity contribution in [2.75, 3.05) is 24.6 Å². The minimum atomic E-state index is -0.951. The number of hydrogen-bond donors (Lipinski definition) is 1. The molecule has 0 radical (unpaired) electrons. The molecule has 258 valence electrons. The van der Waals surface area contributed by atoms with Crippen molar-refractivity contribution in [3.05, 3.63) is 116 Å². The van der Waals surface area contributed by atoms with E-state index in [1.54, 1.807) is 43.3 Å². The van der Waals surface area contributed by atoms with Gasteiger partial charge in [-0.1, -0.05) is 94.0 Å². The van der Waals surface area contributed by atoms with Crippen LogP contribution in [0.3, 0.4) is 0 Å². The highest BCUT2D eigenvalue weighted by Crippen LogP contribution is 2.68. The van der Waals surface area contributed by atoms with Gasteiger partial charge in [-0.15, -0.1) is 30.0 Å². The predicted octanol–water partition coefficient (Wildman–Crippen LogP) is 4.69. The summed E-state index contributed by atoms with van der Waals surface area (Å²) in [5.41, 5.74) is 3.12. The van der Waals surface area contributed by atoms with Crippen molar-refractivity contribution >= 4 is 62.1 Å². The van der Waals surface area contributed by atoms with Crippen LogP contribution in [0.4, 0.5) is 5.69 Å². The molecule has 50 heavy (non-hydrogen) atoms. The van der Waals surface area contributed by atoms with E-state index >= 15 is 9.59 Å². The second kappa shape index (κ2) is 14.2. The second-order valence-electron chi connectivity index (χ2n) is 13.1. The van der Waals surface area contributed by atoms with Gasteiger partial charge in [-0.25, -0.2) is 4.68 Å². The molecule has 10 nitrogen and oxygen atoms in total. The number of anilines is 1. The highest BCUT2D eigenvalue weighted by molar-refractivity contribution is 9.09. The quantitative estimate of drug-likeness (QED) is 0.156. The van der Waals surface area contributed by atoms with E-state index in [0.29, 0.717) is 18.4 Å². The molecule has 3 saturated heterocycles. The Bertz CT molecular complexity index is 1910. The second-order valence-corrected chi connectivity index (χ2v) is 15.8. The summed E-state index contributed by atoms with van der Waals surface area (Å²) in [5.74, 6) is -2.20. The zero-order valence-corrected chi connectivity index (χ0v) is 29.9. The third-order valence-electron chi connectivity index (χ3n) is 10.2. The number of thioether (sulfide) groups is 1. The van der Waals surface area contributed by atoms with Crippen LogP contribution in [0.25, 0.3) is 11.0 Å². The molecule has 3 fully saturated rings. The molecule has 1 aromatic heterocycles. The summed E-state index contributed by atoms with van der Waals surface area (Å²) >= 11 is 5.47. The van der Waals surface area contributed by atoms with E-state index in [4.69, 9.17) is 0 Å². The van der Waals surface area contributed by atoms with E-state index < -0.39 is 28.7 Å². The summed E-state index contributed by atoms with van der Waals surface area (Å²) in [7, 11) is 0. The number of aliphatic hydroxyl groups excluding tert-OH is 1. The fourth-order valence-corrected chi connectivity index (χ4v) is 11.7. The van der Waals surface area contributed by atoms with E-state index in [-0.39, 0.29) is 54.2 Å². The number of halogens is 1. The van der Waals surface area contributed by atoms with Crippen LogP contribution in [-0.2, 0) is 27.5 Å². The van der Waals surface area contributed by atoms with Crippen molar-refractivity contribution in [2.45, 2.75) is 46.4 Å². The monoisotopic (exact) mass is 754 g/mol. The maximum absolute atomic E-state index is 15.2. The largest absolute Gasteiger partial charge is 0.394 e. The summed E-state index contributed by atoms with van der Waals surface area (Å²) in [6.07, 6.45) is 4.21. The lowest BCUT2D eigenvalue weighted by atomic mass is 9.70. The highest BCUT2D eigenvalue weighted by Gasteiger charge is 2.76. The van der Waals surface area contributed by atoms with Crippen LogP contribution in [0.1, 0.15) is 12.0 Å². The first-order valence-electron chi connectivity index (χ1n) is 16.8. The number of likely N-dealkylation sites (tertiary alicyclic amines) is 1. The molecular formula is C38H39BrN6O4S. The molecule has 3 aromatic carbocycles. The fourth-order valence-electron chi connectivity index (χ4n) is 8.13.